The molecule has 3 rings (SSSR count). The Bertz CT molecular complexity index is 889. The van der Waals surface area contributed by atoms with Crippen molar-refractivity contribution in [2.45, 2.75) is 6.42 Å². The minimum absolute atomic E-state index is 0.0474. The number of anilines is 1. The van der Waals surface area contributed by atoms with Crippen molar-refractivity contribution in [3.63, 3.8) is 0 Å². The lowest BCUT2D eigenvalue weighted by molar-refractivity contribution is -0.117. The summed E-state index contributed by atoms with van der Waals surface area (Å²) >= 11 is 0. The molecule has 0 saturated carbocycles. The average Bonchev–Trinajstić information content (AvgIpc) is 2.86. The largest absolute Gasteiger partial charge is 0.508 e. The number of carbonyl (C=O) groups excluding carboxylic acids is 3. The molecule has 0 bridgehead atoms. The van der Waals surface area contributed by atoms with Gasteiger partial charge in [-0.3, -0.25) is 9.59 Å². The molecule has 1 aliphatic heterocycles. The van der Waals surface area contributed by atoms with E-state index >= 15 is 0 Å². The van der Waals surface area contributed by atoms with Gasteiger partial charge < -0.3 is 19.8 Å². The number of Topliss-reactive ketones (excluding diaryl/α,β-unsaturated/α-hetero) is 1. The Labute approximate surface area is 143 Å². The summed E-state index contributed by atoms with van der Waals surface area (Å²) < 4.78 is 4.92. The normalized spacial score (nSPS) is 12.8. The van der Waals surface area contributed by atoms with Crippen molar-refractivity contribution < 1.29 is 29.3 Å². The first kappa shape index (κ1) is 16.5. The van der Waals surface area contributed by atoms with Crippen molar-refractivity contribution in [2.75, 3.05) is 18.6 Å². The molecule has 0 spiro atoms. The van der Waals surface area contributed by atoms with Crippen LogP contribution in [0.1, 0.15) is 26.3 Å². The monoisotopic (exact) mass is 341 g/mol. The number of hydrogen-bond acceptors (Lipinski definition) is 6. The Morgan fingerprint density at radius 1 is 1.16 bits per heavy atom. The molecule has 25 heavy (non-hydrogen) atoms. The van der Waals surface area contributed by atoms with E-state index in [9.17, 15) is 24.6 Å². The summed E-state index contributed by atoms with van der Waals surface area (Å²) in [6, 6.07) is 8.31. The first-order chi connectivity index (χ1) is 11.9. The van der Waals surface area contributed by atoms with Gasteiger partial charge in [-0.15, -0.1) is 0 Å². The highest BCUT2D eigenvalue weighted by molar-refractivity contribution is 6.04. The zero-order chi connectivity index (χ0) is 18.1. The first-order valence-corrected chi connectivity index (χ1v) is 7.48. The molecule has 0 radical (unpaired) electrons. The number of hydrogen-bond donors (Lipinski definition) is 2. The molecule has 0 aliphatic carbocycles. The van der Waals surface area contributed by atoms with E-state index in [1.165, 1.54) is 17.0 Å². The standard InChI is InChI=1S/C18H15NO6/c1-19-14-5-2-10(6-11(14)7-17(19)23)16(22)9-25-18(24)13-4-3-12(20)8-15(13)21/h2-6,8,20-21H,7,9H2,1H3. The van der Waals surface area contributed by atoms with E-state index in [0.29, 0.717) is 5.56 Å². The Morgan fingerprint density at radius 3 is 2.64 bits per heavy atom. The number of nitrogens with zero attached hydrogens (tertiary/aromatic N) is 1. The quantitative estimate of drug-likeness (QED) is 0.647. The third-order valence-electron chi connectivity index (χ3n) is 4.01. The molecule has 0 saturated heterocycles. The Kier molecular flexibility index (Phi) is 4.14. The van der Waals surface area contributed by atoms with Crippen molar-refractivity contribution in [1.82, 2.24) is 0 Å². The number of aromatic hydroxyl groups is 2. The van der Waals surface area contributed by atoms with E-state index in [0.717, 1.165) is 17.3 Å². The van der Waals surface area contributed by atoms with Gasteiger partial charge in [0.05, 0.1) is 6.42 Å². The van der Waals surface area contributed by atoms with Crippen LogP contribution >= 0.6 is 0 Å². The lowest BCUT2D eigenvalue weighted by atomic mass is 10.1. The second kappa shape index (κ2) is 6.27. The van der Waals surface area contributed by atoms with Crippen LogP contribution < -0.4 is 4.90 Å². The molecule has 0 atom stereocenters. The van der Waals surface area contributed by atoms with Crippen molar-refractivity contribution in [3.05, 3.63) is 53.1 Å². The number of carbonyl (C=O) groups is 3. The number of amides is 1. The van der Waals surface area contributed by atoms with E-state index in [1.54, 1.807) is 25.2 Å². The molecule has 0 unspecified atom stereocenters. The molecule has 128 valence electrons. The number of benzene rings is 2. The zero-order valence-corrected chi connectivity index (χ0v) is 13.4. The number of fused-ring (bicyclic) bond motifs is 1. The molecule has 1 heterocycles. The van der Waals surface area contributed by atoms with E-state index in [4.69, 9.17) is 4.74 Å². The molecule has 0 fully saturated rings. The van der Waals surface area contributed by atoms with Crippen molar-refractivity contribution >= 4 is 23.3 Å². The zero-order valence-electron chi connectivity index (χ0n) is 13.4. The second-order valence-electron chi connectivity index (χ2n) is 5.67. The smallest absolute Gasteiger partial charge is 0.342 e. The SMILES string of the molecule is CN1C(=O)Cc2cc(C(=O)COC(=O)c3ccc(O)cc3O)ccc21. The molecule has 1 aliphatic rings. The minimum atomic E-state index is -0.873. The number of esters is 1. The van der Waals surface area contributed by atoms with Crippen LogP contribution in [0.2, 0.25) is 0 Å². The second-order valence-corrected chi connectivity index (χ2v) is 5.67. The lowest BCUT2D eigenvalue weighted by Crippen LogP contribution is -2.20. The van der Waals surface area contributed by atoms with Crippen molar-refractivity contribution in [1.29, 1.82) is 0 Å². The maximum Gasteiger partial charge on any atom is 0.342 e. The van der Waals surface area contributed by atoms with Gasteiger partial charge in [0.1, 0.15) is 17.1 Å². The predicted molar refractivity (Wildman–Crippen MR) is 87.9 cm³/mol. The fraction of sp³-hybridized carbons (Fsp3) is 0.167. The fourth-order valence-corrected chi connectivity index (χ4v) is 2.63. The number of phenols is 2. The van der Waals surface area contributed by atoms with Gasteiger partial charge in [0, 0.05) is 24.4 Å². The third kappa shape index (κ3) is 3.16. The molecular weight excluding hydrogens is 326 g/mol. The van der Waals surface area contributed by atoms with Crippen LogP contribution in [0.4, 0.5) is 5.69 Å². The van der Waals surface area contributed by atoms with Crippen LogP contribution in [0, 0.1) is 0 Å². The van der Waals surface area contributed by atoms with E-state index < -0.39 is 24.1 Å². The summed E-state index contributed by atoms with van der Waals surface area (Å²) in [6.07, 6.45) is 0.230. The van der Waals surface area contributed by atoms with Crippen LogP contribution in [0.5, 0.6) is 11.5 Å². The van der Waals surface area contributed by atoms with Gasteiger partial charge in [-0.25, -0.2) is 4.79 Å². The van der Waals surface area contributed by atoms with Crippen LogP contribution in [-0.2, 0) is 16.0 Å². The van der Waals surface area contributed by atoms with Gasteiger partial charge in [-0.05, 0) is 35.9 Å². The Balaban J connectivity index is 1.68. The number of phenolic OH excluding ortho intramolecular Hbond substituents is 2. The van der Waals surface area contributed by atoms with Gasteiger partial charge in [-0.2, -0.15) is 0 Å². The molecule has 1 amide bonds. The molecule has 7 heteroatoms. The molecule has 2 aromatic rings. The van der Waals surface area contributed by atoms with Crippen LogP contribution in [0.25, 0.3) is 0 Å². The Morgan fingerprint density at radius 2 is 1.92 bits per heavy atom. The van der Waals surface area contributed by atoms with E-state index in [1.807, 2.05) is 0 Å². The van der Waals surface area contributed by atoms with Gasteiger partial charge in [0.15, 0.2) is 12.4 Å². The highest BCUT2D eigenvalue weighted by atomic mass is 16.5. The maximum atomic E-state index is 12.2. The number of rotatable bonds is 4. The summed E-state index contributed by atoms with van der Waals surface area (Å²) in [6.45, 7) is -0.498. The highest BCUT2D eigenvalue weighted by Crippen LogP contribution is 2.28. The van der Waals surface area contributed by atoms with Gasteiger partial charge >= 0.3 is 5.97 Å². The molecule has 2 N–H and O–H groups in total. The molecular formula is C18H15NO6. The van der Waals surface area contributed by atoms with Crippen molar-refractivity contribution in [2.24, 2.45) is 0 Å². The summed E-state index contributed by atoms with van der Waals surface area (Å²) in [7, 11) is 1.67. The number of ether oxygens (including phenoxy) is 1. The number of likely N-dealkylation sites (N-methyl/N-ethyl adjacent to an activating group) is 1. The summed E-state index contributed by atoms with van der Waals surface area (Å²) in [5.74, 6) is -1.97. The topological polar surface area (TPSA) is 104 Å². The lowest BCUT2D eigenvalue weighted by Gasteiger charge is -2.10. The van der Waals surface area contributed by atoms with Crippen LogP contribution in [-0.4, -0.2) is 41.5 Å². The minimum Gasteiger partial charge on any atom is -0.508 e. The summed E-state index contributed by atoms with van der Waals surface area (Å²) in [4.78, 5) is 37.3. The Hall–Kier alpha value is -3.35. The molecule has 0 aromatic heterocycles. The summed E-state index contributed by atoms with van der Waals surface area (Å²) in [5, 5.41) is 18.8. The van der Waals surface area contributed by atoms with Gasteiger partial charge in [-0.1, -0.05) is 0 Å². The van der Waals surface area contributed by atoms with Crippen LogP contribution in [0.3, 0.4) is 0 Å². The third-order valence-corrected chi connectivity index (χ3v) is 4.01. The molecule has 2 aromatic carbocycles. The first-order valence-electron chi connectivity index (χ1n) is 7.48. The maximum absolute atomic E-state index is 12.2. The van der Waals surface area contributed by atoms with E-state index in [2.05, 4.69) is 0 Å². The predicted octanol–water partition coefficient (Wildman–Crippen LogP) is 1.66. The van der Waals surface area contributed by atoms with Crippen LogP contribution in [0.15, 0.2) is 36.4 Å². The van der Waals surface area contributed by atoms with E-state index in [-0.39, 0.29) is 23.6 Å². The summed E-state index contributed by atoms with van der Waals surface area (Å²) in [5.41, 5.74) is 1.70. The fourth-order valence-electron chi connectivity index (χ4n) is 2.63. The molecule has 7 nitrogen and oxygen atoms in total. The average molecular weight is 341 g/mol. The highest BCUT2D eigenvalue weighted by Gasteiger charge is 2.25. The number of ketones is 1. The van der Waals surface area contributed by atoms with Crippen molar-refractivity contribution in [3.8, 4) is 11.5 Å². The van der Waals surface area contributed by atoms with Gasteiger partial charge in [0.25, 0.3) is 0 Å². The van der Waals surface area contributed by atoms with Gasteiger partial charge in [0.2, 0.25) is 5.91 Å².